The van der Waals surface area contributed by atoms with E-state index in [1.54, 1.807) is 17.5 Å². The van der Waals surface area contributed by atoms with Crippen LogP contribution >= 0.6 is 11.3 Å². The van der Waals surface area contributed by atoms with E-state index in [2.05, 4.69) is 10.3 Å². The van der Waals surface area contributed by atoms with Crippen molar-refractivity contribution < 1.29 is 13.2 Å². The third-order valence-corrected chi connectivity index (χ3v) is 5.33. The Hall–Kier alpha value is -0.950. The van der Waals surface area contributed by atoms with Gasteiger partial charge in [0.1, 0.15) is 0 Å². The van der Waals surface area contributed by atoms with Crippen LogP contribution in [0, 0.1) is 5.92 Å². The normalized spacial score (nSPS) is 22.5. The Balaban J connectivity index is 1.75. The van der Waals surface area contributed by atoms with E-state index in [0.717, 1.165) is 5.01 Å². The zero-order chi connectivity index (χ0) is 12.3. The minimum absolute atomic E-state index is 0.00388. The van der Waals surface area contributed by atoms with Crippen LogP contribution < -0.4 is 5.32 Å². The lowest BCUT2D eigenvalue weighted by Crippen LogP contribution is -2.32. The van der Waals surface area contributed by atoms with Gasteiger partial charge in [-0.3, -0.25) is 4.79 Å². The molecule has 1 fully saturated rings. The fourth-order valence-corrected chi connectivity index (χ4v) is 4.18. The van der Waals surface area contributed by atoms with Crippen molar-refractivity contribution in [2.45, 2.75) is 12.8 Å². The van der Waals surface area contributed by atoms with E-state index >= 15 is 0 Å². The number of rotatable bonds is 4. The number of carbonyl (C=O) groups is 1. The van der Waals surface area contributed by atoms with Gasteiger partial charge in [0.2, 0.25) is 5.91 Å². The lowest BCUT2D eigenvalue weighted by molar-refractivity contribution is -0.124. The molecule has 5 nitrogen and oxygen atoms in total. The van der Waals surface area contributed by atoms with E-state index in [1.165, 1.54) is 0 Å². The van der Waals surface area contributed by atoms with Crippen molar-refractivity contribution in [2.24, 2.45) is 5.92 Å². The first kappa shape index (κ1) is 12.5. The quantitative estimate of drug-likeness (QED) is 0.853. The number of nitrogens with zero attached hydrogens (tertiary/aromatic N) is 1. The first-order chi connectivity index (χ1) is 8.07. The summed E-state index contributed by atoms with van der Waals surface area (Å²) < 4.78 is 22.4. The molecule has 0 bridgehead atoms. The fraction of sp³-hybridized carbons (Fsp3) is 0.600. The van der Waals surface area contributed by atoms with Crippen LogP contribution in [0.25, 0.3) is 0 Å². The van der Waals surface area contributed by atoms with Gasteiger partial charge in [-0.2, -0.15) is 0 Å². The Morgan fingerprint density at radius 1 is 1.59 bits per heavy atom. The summed E-state index contributed by atoms with van der Waals surface area (Å²) >= 11 is 1.55. The van der Waals surface area contributed by atoms with E-state index in [1.807, 2.05) is 5.38 Å². The van der Waals surface area contributed by atoms with Gasteiger partial charge >= 0.3 is 0 Å². The molecule has 1 aliphatic rings. The number of carbonyl (C=O) groups excluding carboxylic acids is 1. The lowest BCUT2D eigenvalue weighted by atomic mass is 10.1. The highest BCUT2D eigenvalue weighted by molar-refractivity contribution is 7.91. The molecule has 2 heterocycles. The molecule has 94 valence electrons. The van der Waals surface area contributed by atoms with Gasteiger partial charge in [0, 0.05) is 24.5 Å². The number of hydrogen-bond acceptors (Lipinski definition) is 5. The third-order valence-electron chi connectivity index (χ3n) is 2.72. The van der Waals surface area contributed by atoms with Gasteiger partial charge in [0.25, 0.3) is 0 Å². The predicted octanol–water partition coefficient (Wildman–Crippen LogP) is 0.236. The summed E-state index contributed by atoms with van der Waals surface area (Å²) in [6.07, 6.45) is 2.87. The molecule has 7 heteroatoms. The molecule has 0 aromatic carbocycles. The van der Waals surface area contributed by atoms with E-state index in [9.17, 15) is 13.2 Å². The summed E-state index contributed by atoms with van der Waals surface area (Å²) in [5.41, 5.74) is 0. The van der Waals surface area contributed by atoms with Crippen molar-refractivity contribution in [3.63, 3.8) is 0 Å². The largest absolute Gasteiger partial charge is 0.355 e. The molecular formula is C10H14N2O3S2. The average Bonchev–Trinajstić information content (AvgIpc) is 2.87. The monoisotopic (exact) mass is 274 g/mol. The van der Waals surface area contributed by atoms with Crippen molar-refractivity contribution in [1.82, 2.24) is 10.3 Å². The zero-order valence-corrected chi connectivity index (χ0v) is 10.9. The second-order valence-corrected chi connectivity index (χ2v) is 7.27. The highest BCUT2D eigenvalue weighted by Crippen LogP contribution is 2.18. The smallest absolute Gasteiger partial charge is 0.224 e. The second-order valence-electron chi connectivity index (χ2n) is 4.07. The molecule has 17 heavy (non-hydrogen) atoms. The average molecular weight is 274 g/mol. The van der Waals surface area contributed by atoms with Crippen molar-refractivity contribution in [3.8, 4) is 0 Å². The van der Waals surface area contributed by atoms with E-state index in [4.69, 9.17) is 0 Å². The predicted molar refractivity (Wildman–Crippen MR) is 65.6 cm³/mol. The fourth-order valence-electron chi connectivity index (χ4n) is 1.82. The summed E-state index contributed by atoms with van der Waals surface area (Å²) in [7, 11) is -2.98. The third kappa shape index (κ3) is 3.50. The standard InChI is InChI=1S/C10H14N2O3S2/c13-10(8-2-6-17(14,15)7-8)12-3-1-9-11-4-5-16-9/h4-5,8H,1-3,6-7H2,(H,12,13)/t8-/m1/s1. The molecule has 0 radical (unpaired) electrons. The molecule has 0 saturated carbocycles. The number of aromatic nitrogens is 1. The molecule has 1 aromatic heterocycles. The first-order valence-corrected chi connectivity index (χ1v) is 8.13. The van der Waals surface area contributed by atoms with Crippen LogP contribution in [0.2, 0.25) is 0 Å². The van der Waals surface area contributed by atoms with Gasteiger partial charge in [-0.05, 0) is 6.42 Å². The maximum Gasteiger partial charge on any atom is 0.224 e. The van der Waals surface area contributed by atoms with Crippen LogP contribution in [0.5, 0.6) is 0 Å². The van der Waals surface area contributed by atoms with E-state index < -0.39 is 9.84 Å². The first-order valence-electron chi connectivity index (χ1n) is 5.43. The van der Waals surface area contributed by atoms with Crippen LogP contribution in [0.1, 0.15) is 11.4 Å². The number of nitrogens with one attached hydrogen (secondary N) is 1. The van der Waals surface area contributed by atoms with Gasteiger partial charge in [-0.1, -0.05) is 0 Å². The topological polar surface area (TPSA) is 76.1 Å². The summed E-state index contributed by atoms with van der Waals surface area (Å²) in [5, 5.41) is 5.63. The van der Waals surface area contributed by atoms with E-state index in [-0.39, 0.29) is 23.3 Å². The van der Waals surface area contributed by atoms with Gasteiger partial charge in [0.05, 0.1) is 22.4 Å². The number of thiazole rings is 1. The molecule has 1 aliphatic heterocycles. The van der Waals surface area contributed by atoms with Crippen LogP contribution in [-0.2, 0) is 21.1 Å². The lowest BCUT2D eigenvalue weighted by Gasteiger charge is -2.08. The highest BCUT2D eigenvalue weighted by Gasteiger charge is 2.32. The molecule has 1 saturated heterocycles. The Labute approximate surface area is 104 Å². The second kappa shape index (κ2) is 5.14. The van der Waals surface area contributed by atoms with Crippen LogP contribution in [0.4, 0.5) is 0 Å². The number of sulfone groups is 1. The number of hydrogen-bond donors (Lipinski definition) is 1. The van der Waals surface area contributed by atoms with Crippen molar-refractivity contribution in [3.05, 3.63) is 16.6 Å². The SMILES string of the molecule is O=C(NCCc1nccs1)[C@@H]1CCS(=O)(=O)C1. The Bertz CT molecular complexity index is 482. The van der Waals surface area contributed by atoms with Crippen LogP contribution in [-0.4, -0.2) is 37.4 Å². The van der Waals surface area contributed by atoms with Crippen LogP contribution in [0.3, 0.4) is 0 Å². The number of amides is 1. The van der Waals surface area contributed by atoms with Crippen LogP contribution in [0.15, 0.2) is 11.6 Å². The Morgan fingerprint density at radius 3 is 3.00 bits per heavy atom. The van der Waals surface area contributed by atoms with E-state index in [0.29, 0.717) is 19.4 Å². The van der Waals surface area contributed by atoms with Crippen molar-refractivity contribution in [2.75, 3.05) is 18.1 Å². The summed E-state index contributed by atoms with van der Waals surface area (Å²) in [5.74, 6) is -0.382. The summed E-state index contributed by atoms with van der Waals surface area (Å²) in [6.45, 7) is 0.517. The van der Waals surface area contributed by atoms with Gasteiger partial charge in [-0.15, -0.1) is 11.3 Å². The molecule has 1 amide bonds. The summed E-state index contributed by atoms with van der Waals surface area (Å²) in [4.78, 5) is 15.8. The molecule has 1 N–H and O–H groups in total. The van der Waals surface area contributed by atoms with Crippen molar-refractivity contribution >= 4 is 27.1 Å². The zero-order valence-electron chi connectivity index (χ0n) is 9.26. The maximum absolute atomic E-state index is 11.7. The molecule has 0 aliphatic carbocycles. The van der Waals surface area contributed by atoms with Gasteiger partial charge in [-0.25, -0.2) is 13.4 Å². The summed E-state index contributed by atoms with van der Waals surface area (Å²) in [6, 6.07) is 0. The van der Waals surface area contributed by atoms with Gasteiger partial charge in [0.15, 0.2) is 9.84 Å². The molecule has 1 aromatic rings. The molecule has 0 unspecified atom stereocenters. The highest BCUT2D eigenvalue weighted by atomic mass is 32.2. The molecular weight excluding hydrogens is 260 g/mol. The Morgan fingerprint density at radius 2 is 2.41 bits per heavy atom. The van der Waals surface area contributed by atoms with Crippen molar-refractivity contribution in [1.29, 1.82) is 0 Å². The van der Waals surface area contributed by atoms with Gasteiger partial charge < -0.3 is 5.32 Å². The molecule has 2 rings (SSSR count). The maximum atomic E-state index is 11.7. The molecule has 1 atom stereocenters. The minimum atomic E-state index is -2.98. The molecule has 0 spiro atoms. The minimum Gasteiger partial charge on any atom is -0.355 e. The Kier molecular flexibility index (Phi) is 3.78.